The molecule has 0 aliphatic carbocycles. The first kappa shape index (κ1) is 13.2. The summed E-state index contributed by atoms with van der Waals surface area (Å²) >= 11 is 0. The molecule has 0 N–H and O–H groups in total. The van der Waals surface area contributed by atoms with Crippen LogP contribution in [0.25, 0.3) is 0 Å². The molecule has 92 valence electrons. The minimum absolute atomic E-state index is 0.488. The first-order chi connectivity index (χ1) is 7.87. The quantitative estimate of drug-likeness (QED) is 0.613. The molecule has 17 heavy (non-hydrogen) atoms. The van der Waals surface area contributed by atoms with Gasteiger partial charge in [0.25, 0.3) is 0 Å². The van der Waals surface area contributed by atoms with Crippen molar-refractivity contribution in [3.63, 3.8) is 0 Å². The molecule has 0 saturated carbocycles. The highest BCUT2D eigenvalue weighted by atomic mass is 19.4. The van der Waals surface area contributed by atoms with E-state index in [1.54, 1.807) is 0 Å². The Labute approximate surface area is 92.4 Å². The molecule has 0 saturated heterocycles. The van der Waals surface area contributed by atoms with Crippen molar-refractivity contribution in [3.8, 4) is 11.8 Å². The predicted octanol–water partition coefficient (Wildman–Crippen LogP) is 2.65. The van der Waals surface area contributed by atoms with Crippen LogP contribution in [0.2, 0.25) is 0 Å². The molecule has 8 heteroatoms. The molecule has 3 nitrogen and oxygen atoms in total. The summed E-state index contributed by atoms with van der Waals surface area (Å²) in [5.41, 5.74) is -1.22. The second kappa shape index (κ2) is 4.95. The number of aromatic nitrogens is 1. The lowest BCUT2D eigenvalue weighted by atomic mass is 10.2. The molecular weight excluding hydrogens is 247 g/mol. The highest BCUT2D eigenvalue weighted by Crippen LogP contribution is 2.30. The van der Waals surface area contributed by atoms with Gasteiger partial charge in [-0.15, -0.1) is 13.2 Å². The van der Waals surface area contributed by atoms with Crippen LogP contribution >= 0.6 is 0 Å². The van der Waals surface area contributed by atoms with Crippen LogP contribution < -0.4 is 4.74 Å². The number of nitrogens with zero attached hydrogens (tertiary/aromatic N) is 2. The fourth-order valence-electron chi connectivity index (χ4n) is 1.14. The van der Waals surface area contributed by atoms with Crippen molar-refractivity contribution in [2.75, 3.05) is 0 Å². The average Bonchev–Trinajstić information content (AvgIpc) is 2.20. The highest BCUT2D eigenvalue weighted by molar-refractivity contribution is 5.38. The molecule has 1 rings (SSSR count). The fraction of sp³-hybridized carbons (Fsp3) is 0.333. The number of hydrogen-bond acceptors (Lipinski definition) is 3. The van der Waals surface area contributed by atoms with E-state index in [0.29, 0.717) is 6.07 Å². The van der Waals surface area contributed by atoms with Crippen LogP contribution in [-0.4, -0.2) is 11.3 Å². The second-order valence-electron chi connectivity index (χ2n) is 2.90. The van der Waals surface area contributed by atoms with Crippen molar-refractivity contribution in [3.05, 3.63) is 23.3 Å². The summed E-state index contributed by atoms with van der Waals surface area (Å²) in [6.07, 6.45) is -5.68. The Balaban J connectivity index is 3.27. The summed E-state index contributed by atoms with van der Waals surface area (Å²) in [4.78, 5) is 3.07. The number of nitriles is 1. The number of ether oxygens (including phenoxy) is 1. The van der Waals surface area contributed by atoms with Gasteiger partial charge in [-0.2, -0.15) is 9.65 Å². The van der Waals surface area contributed by atoms with E-state index in [4.69, 9.17) is 5.26 Å². The number of alkyl halides is 4. The minimum Gasteiger partial charge on any atom is -0.403 e. The zero-order valence-corrected chi connectivity index (χ0v) is 8.18. The van der Waals surface area contributed by atoms with Crippen molar-refractivity contribution in [2.24, 2.45) is 0 Å². The van der Waals surface area contributed by atoms with Crippen LogP contribution in [0.1, 0.15) is 11.3 Å². The summed E-state index contributed by atoms with van der Waals surface area (Å²) < 4.78 is 64.9. The first-order valence-corrected chi connectivity index (χ1v) is 4.24. The molecule has 0 aliphatic heterocycles. The van der Waals surface area contributed by atoms with Gasteiger partial charge in [0.05, 0.1) is 12.5 Å². The van der Waals surface area contributed by atoms with Gasteiger partial charge in [-0.05, 0) is 0 Å². The molecule has 0 amide bonds. The molecular formula is C9H5F5N2O. The van der Waals surface area contributed by atoms with Crippen LogP contribution in [-0.2, 0) is 13.1 Å². The monoisotopic (exact) mass is 252 g/mol. The zero-order valence-electron chi connectivity index (χ0n) is 8.18. The Bertz CT molecular complexity index is 452. The Morgan fingerprint density at radius 3 is 2.53 bits per heavy atom. The van der Waals surface area contributed by atoms with Gasteiger partial charge in [0, 0.05) is 11.6 Å². The van der Waals surface area contributed by atoms with Gasteiger partial charge < -0.3 is 4.74 Å². The van der Waals surface area contributed by atoms with Gasteiger partial charge in [0.1, 0.15) is 12.4 Å². The summed E-state index contributed by atoms with van der Waals surface area (Å²) in [6.45, 7) is -1.36. The Morgan fingerprint density at radius 1 is 1.41 bits per heavy atom. The first-order valence-electron chi connectivity index (χ1n) is 4.24. The van der Waals surface area contributed by atoms with Crippen molar-refractivity contribution in [1.82, 2.24) is 4.98 Å². The van der Waals surface area contributed by atoms with Gasteiger partial charge in [0.15, 0.2) is 5.75 Å². The molecule has 0 unspecified atom stereocenters. The molecule has 1 aromatic rings. The second-order valence-corrected chi connectivity index (χ2v) is 2.90. The van der Waals surface area contributed by atoms with Crippen LogP contribution in [0.4, 0.5) is 22.0 Å². The smallest absolute Gasteiger partial charge is 0.403 e. The van der Waals surface area contributed by atoms with E-state index in [2.05, 4.69) is 9.72 Å². The summed E-state index contributed by atoms with van der Waals surface area (Å²) in [5.74, 6) is -2.12. The van der Waals surface area contributed by atoms with Crippen molar-refractivity contribution >= 4 is 0 Å². The third kappa shape index (κ3) is 3.55. The van der Waals surface area contributed by atoms with E-state index in [-0.39, 0.29) is 0 Å². The van der Waals surface area contributed by atoms with Gasteiger partial charge >= 0.3 is 6.36 Å². The van der Waals surface area contributed by atoms with Crippen LogP contribution in [0.5, 0.6) is 5.75 Å². The van der Waals surface area contributed by atoms with E-state index < -0.39 is 42.4 Å². The molecule has 0 bridgehead atoms. The molecule has 0 aromatic carbocycles. The Hall–Kier alpha value is -1.91. The topological polar surface area (TPSA) is 45.9 Å². The Kier molecular flexibility index (Phi) is 3.83. The third-order valence-corrected chi connectivity index (χ3v) is 1.70. The maximum absolute atomic E-state index is 12.8. The van der Waals surface area contributed by atoms with E-state index in [1.807, 2.05) is 0 Å². The third-order valence-electron chi connectivity index (χ3n) is 1.70. The molecule has 0 spiro atoms. The zero-order chi connectivity index (χ0) is 13.1. The van der Waals surface area contributed by atoms with Gasteiger partial charge in [0.2, 0.25) is 5.95 Å². The lowest BCUT2D eigenvalue weighted by Crippen LogP contribution is -2.20. The van der Waals surface area contributed by atoms with E-state index in [9.17, 15) is 22.0 Å². The van der Waals surface area contributed by atoms with Crippen molar-refractivity contribution in [2.45, 2.75) is 19.5 Å². The molecule has 0 fully saturated rings. The fourth-order valence-corrected chi connectivity index (χ4v) is 1.14. The summed E-state index contributed by atoms with van der Waals surface area (Å²) in [5, 5.41) is 8.35. The van der Waals surface area contributed by atoms with E-state index >= 15 is 0 Å². The maximum atomic E-state index is 12.8. The van der Waals surface area contributed by atoms with Gasteiger partial charge in [-0.1, -0.05) is 0 Å². The van der Waals surface area contributed by atoms with Crippen LogP contribution in [0.15, 0.2) is 6.07 Å². The molecule has 1 aromatic heterocycles. The van der Waals surface area contributed by atoms with Gasteiger partial charge in [-0.25, -0.2) is 9.37 Å². The van der Waals surface area contributed by atoms with Crippen molar-refractivity contribution in [1.29, 1.82) is 5.26 Å². The highest BCUT2D eigenvalue weighted by Gasteiger charge is 2.34. The lowest BCUT2D eigenvalue weighted by Gasteiger charge is -2.14. The minimum atomic E-state index is -5.06. The number of hydrogen-bond donors (Lipinski definition) is 0. The maximum Gasteiger partial charge on any atom is 0.573 e. The largest absolute Gasteiger partial charge is 0.573 e. The number of pyridine rings is 1. The summed E-state index contributed by atoms with van der Waals surface area (Å²) in [6, 6.07) is 1.98. The molecule has 0 atom stereocenters. The van der Waals surface area contributed by atoms with Crippen LogP contribution in [0.3, 0.4) is 0 Å². The lowest BCUT2D eigenvalue weighted by molar-refractivity contribution is -0.275. The van der Waals surface area contributed by atoms with Gasteiger partial charge in [-0.3, -0.25) is 0 Å². The number of halogens is 5. The standard InChI is InChI=1S/C9H5F5N2O/c10-4-5-3-7(11)16-6(1-2-15)8(5)17-9(12,13)14/h3H,1,4H2. The predicted molar refractivity (Wildman–Crippen MR) is 45.0 cm³/mol. The number of rotatable bonds is 3. The van der Waals surface area contributed by atoms with E-state index in [0.717, 1.165) is 0 Å². The SMILES string of the molecule is N#CCc1nc(F)cc(CF)c1OC(F)(F)F. The normalized spacial score (nSPS) is 11.1. The molecule has 0 aliphatic rings. The van der Waals surface area contributed by atoms with Crippen molar-refractivity contribution < 1.29 is 26.7 Å². The molecule has 0 radical (unpaired) electrons. The Morgan fingerprint density at radius 2 is 2.06 bits per heavy atom. The summed E-state index contributed by atoms with van der Waals surface area (Å²) in [7, 11) is 0. The molecule has 1 heterocycles. The average molecular weight is 252 g/mol. The van der Waals surface area contributed by atoms with E-state index in [1.165, 1.54) is 6.07 Å². The van der Waals surface area contributed by atoms with Crippen LogP contribution in [0, 0.1) is 17.3 Å².